The molecule has 3 amide bonds. The number of amides is 3. The van der Waals surface area contributed by atoms with Gasteiger partial charge in [0, 0.05) is 17.1 Å². The van der Waals surface area contributed by atoms with Gasteiger partial charge in [0.15, 0.2) is 0 Å². The number of rotatable bonds is 4. The number of nitrogens with one attached hydrogen (secondary N) is 2. The fourth-order valence-electron chi connectivity index (χ4n) is 2.97. The van der Waals surface area contributed by atoms with Crippen LogP contribution in [-0.4, -0.2) is 11.9 Å². The molecule has 1 aliphatic rings. The zero-order valence-electron chi connectivity index (χ0n) is 14.4. The molecule has 5 nitrogen and oxygen atoms in total. The normalized spacial score (nSPS) is 14.7. The van der Waals surface area contributed by atoms with Crippen molar-refractivity contribution in [3.05, 3.63) is 96.2 Å². The van der Waals surface area contributed by atoms with Crippen LogP contribution in [0.5, 0.6) is 0 Å². The van der Waals surface area contributed by atoms with E-state index in [-0.39, 0.29) is 5.70 Å². The second kappa shape index (κ2) is 7.17. The first-order valence-electron chi connectivity index (χ1n) is 8.55. The maximum atomic E-state index is 11.7. The second-order valence-electron chi connectivity index (χ2n) is 6.06. The lowest BCUT2D eigenvalue weighted by atomic mass is 10.1. The number of urea groups is 1. The number of carbonyl (C=O) groups excluding carboxylic acids is 2. The van der Waals surface area contributed by atoms with Crippen molar-refractivity contribution in [2.45, 2.75) is 0 Å². The molecular formula is C22H17N3O2. The second-order valence-corrected chi connectivity index (χ2v) is 6.06. The molecule has 3 aromatic rings. The van der Waals surface area contributed by atoms with Crippen LogP contribution in [-0.2, 0) is 4.79 Å². The van der Waals surface area contributed by atoms with Gasteiger partial charge in [-0.3, -0.25) is 10.1 Å². The summed E-state index contributed by atoms with van der Waals surface area (Å²) in [6, 6.07) is 27.5. The van der Waals surface area contributed by atoms with Crippen molar-refractivity contribution in [3.8, 4) is 0 Å². The van der Waals surface area contributed by atoms with Gasteiger partial charge in [0.05, 0.1) is 0 Å². The maximum Gasteiger partial charge on any atom is 0.326 e. The first-order valence-corrected chi connectivity index (χ1v) is 8.55. The Balaban J connectivity index is 1.69. The molecule has 1 saturated heterocycles. The predicted octanol–water partition coefficient (Wildman–Crippen LogP) is 4.34. The minimum absolute atomic E-state index is 0.246. The molecule has 0 spiro atoms. The molecule has 1 aliphatic heterocycles. The van der Waals surface area contributed by atoms with Crippen LogP contribution < -0.4 is 15.5 Å². The van der Waals surface area contributed by atoms with E-state index in [0.29, 0.717) is 0 Å². The summed E-state index contributed by atoms with van der Waals surface area (Å²) in [5.41, 5.74) is 4.17. The SMILES string of the molecule is O=C1NC(=O)/C(=C/c2ccc(N(c3ccccc3)c3ccccc3)cc2)N1. The highest BCUT2D eigenvalue weighted by molar-refractivity contribution is 6.14. The molecule has 0 atom stereocenters. The first kappa shape index (κ1) is 16.6. The summed E-state index contributed by atoms with van der Waals surface area (Å²) in [5, 5.41) is 4.69. The van der Waals surface area contributed by atoms with Crippen LogP contribution in [0.2, 0.25) is 0 Å². The third-order valence-corrected chi connectivity index (χ3v) is 4.21. The zero-order chi connectivity index (χ0) is 18.6. The zero-order valence-corrected chi connectivity index (χ0v) is 14.4. The summed E-state index contributed by atoms with van der Waals surface area (Å²) >= 11 is 0. The third kappa shape index (κ3) is 3.57. The average molecular weight is 355 g/mol. The average Bonchev–Trinajstić information content (AvgIpc) is 3.02. The Morgan fingerprint density at radius 3 is 1.63 bits per heavy atom. The summed E-state index contributed by atoms with van der Waals surface area (Å²) in [7, 11) is 0. The molecule has 0 aromatic heterocycles. The van der Waals surface area contributed by atoms with Gasteiger partial charge in [0.25, 0.3) is 5.91 Å². The lowest BCUT2D eigenvalue weighted by molar-refractivity contribution is -0.115. The first-order chi connectivity index (χ1) is 13.2. The molecule has 4 rings (SSSR count). The van der Waals surface area contributed by atoms with Crippen molar-refractivity contribution >= 4 is 35.1 Å². The van der Waals surface area contributed by atoms with E-state index in [1.165, 1.54) is 0 Å². The number of hydrogen-bond acceptors (Lipinski definition) is 3. The Labute approximate surface area is 156 Å². The van der Waals surface area contributed by atoms with Gasteiger partial charge in [-0.2, -0.15) is 0 Å². The van der Waals surface area contributed by atoms with E-state index in [2.05, 4.69) is 39.8 Å². The number of para-hydroxylation sites is 2. The largest absolute Gasteiger partial charge is 0.326 e. The standard InChI is InChI=1S/C22H17N3O2/c26-21-20(23-22(27)24-21)15-16-11-13-19(14-12-16)25(17-7-3-1-4-8-17)18-9-5-2-6-10-18/h1-15H,(H2,23,24,26,27)/b20-15-. The molecule has 1 heterocycles. The maximum absolute atomic E-state index is 11.7. The van der Waals surface area contributed by atoms with Gasteiger partial charge in [-0.15, -0.1) is 0 Å². The Hall–Kier alpha value is -3.86. The van der Waals surface area contributed by atoms with E-state index in [4.69, 9.17) is 0 Å². The van der Waals surface area contributed by atoms with E-state index in [1.807, 2.05) is 60.7 Å². The Morgan fingerprint density at radius 2 is 1.15 bits per heavy atom. The smallest absolute Gasteiger partial charge is 0.311 e. The molecule has 2 N–H and O–H groups in total. The molecule has 3 aromatic carbocycles. The molecular weight excluding hydrogens is 338 g/mol. The highest BCUT2D eigenvalue weighted by Crippen LogP contribution is 2.34. The van der Waals surface area contributed by atoms with Crippen molar-refractivity contribution in [1.82, 2.24) is 10.6 Å². The highest BCUT2D eigenvalue weighted by Gasteiger charge is 2.22. The van der Waals surface area contributed by atoms with Crippen LogP contribution in [0.1, 0.15) is 5.56 Å². The molecule has 0 aliphatic carbocycles. The van der Waals surface area contributed by atoms with Crippen molar-refractivity contribution in [3.63, 3.8) is 0 Å². The van der Waals surface area contributed by atoms with Crippen LogP contribution >= 0.6 is 0 Å². The Kier molecular flexibility index (Phi) is 4.41. The number of imide groups is 1. The van der Waals surface area contributed by atoms with E-state index in [0.717, 1.165) is 22.6 Å². The van der Waals surface area contributed by atoms with Gasteiger partial charge in [-0.1, -0.05) is 48.5 Å². The van der Waals surface area contributed by atoms with E-state index in [1.54, 1.807) is 6.08 Å². The van der Waals surface area contributed by atoms with Crippen molar-refractivity contribution < 1.29 is 9.59 Å². The van der Waals surface area contributed by atoms with Crippen molar-refractivity contribution in [2.24, 2.45) is 0 Å². The summed E-state index contributed by atoms with van der Waals surface area (Å²) in [6.07, 6.45) is 1.65. The summed E-state index contributed by atoms with van der Waals surface area (Å²) in [4.78, 5) is 25.0. The van der Waals surface area contributed by atoms with Crippen LogP contribution in [0.4, 0.5) is 21.9 Å². The van der Waals surface area contributed by atoms with Crippen LogP contribution in [0, 0.1) is 0 Å². The minimum Gasteiger partial charge on any atom is -0.311 e. The monoisotopic (exact) mass is 355 g/mol. The third-order valence-electron chi connectivity index (χ3n) is 4.21. The molecule has 27 heavy (non-hydrogen) atoms. The van der Waals surface area contributed by atoms with Gasteiger partial charge in [-0.05, 0) is 48.0 Å². The number of nitrogens with zero attached hydrogens (tertiary/aromatic N) is 1. The van der Waals surface area contributed by atoms with Gasteiger partial charge in [0.1, 0.15) is 5.70 Å². The van der Waals surface area contributed by atoms with Gasteiger partial charge in [-0.25, -0.2) is 4.79 Å². The lowest BCUT2D eigenvalue weighted by Gasteiger charge is -2.25. The molecule has 5 heteroatoms. The van der Waals surface area contributed by atoms with Gasteiger partial charge < -0.3 is 10.2 Å². The molecule has 0 bridgehead atoms. The number of benzene rings is 3. The van der Waals surface area contributed by atoms with Crippen molar-refractivity contribution in [1.29, 1.82) is 0 Å². The van der Waals surface area contributed by atoms with E-state index >= 15 is 0 Å². The Morgan fingerprint density at radius 1 is 0.630 bits per heavy atom. The molecule has 132 valence electrons. The number of anilines is 3. The predicted molar refractivity (Wildman–Crippen MR) is 106 cm³/mol. The molecule has 0 saturated carbocycles. The number of hydrogen-bond donors (Lipinski definition) is 2. The molecule has 0 unspecified atom stereocenters. The quantitative estimate of drug-likeness (QED) is 0.541. The summed E-state index contributed by atoms with van der Waals surface area (Å²) in [5.74, 6) is -0.417. The van der Waals surface area contributed by atoms with E-state index in [9.17, 15) is 9.59 Å². The lowest BCUT2D eigenvalue weighted by Crippen LogP contribution is -2.22. The molecule has 1 fully saturated rings. The van der Waals surface area contributed by atoms with Crippen LogP contribution in [0.3, 0.4) is 0 Å². The summed E-state index contributed by atoms with van der Waals surface area (Å²) < 4.78 is 0. The van der Waals surface area contributed by atoms with Gasteiger partial charge >= 0.3 is 6.03 Å². The van der Waals surface area contributed by atoms with Gasteiger partial charge in [0.2, 0.25) is 0 Å². The van der Waals surface area contributed by atoms with E-state index < -0.39 is 11.9 Å². The Bertz CT molecular complexity index is 957. The summed E-state index contributed by atoms with van der Waals surface area (Å²) in [6.45, 7) is 0. The highest BCUT2D eigenvalue weighted by atomic mass is 16.2. The fraction of sp³-hybridized carbons (Fsp3) is 0. The fourth-order valence-corrected chi connectivity index (χ4v) is 2.97. The topological polar surface area (TPSA) is 61.4 Å². The van der Waals surface area contributed by atoms with Crippen LogP contribution in [0.25, 0.3) is 6.08 Å². The number of carbonyl (C=O) groups is 2. The van der Waals surface area contributed by atoms with Crippen LogP contribution in [0.15, 0.2) is 90.6 Å². The molecule has 0 radical (unpaired) electrons. The van der Waals surface area contributed by atoms with Crippen molar-refractivity contribution in [2.75, 3.05) is 4.90 Å². The minimum atomic E-state index is -0.498.